The Morgan fingerprint density at radius 1 is 1.18 bits per heavy atom. The van der Waals surface area contributed by atoms with Gasteiger partial charge in [0.15, 0.2) is 5.69 Å². The van der Waals surface area contributed by atoms with Crippen LogP contribution >= 0.6 is 0 Å². The number of amides is 2. The van der Waals surface area contributed by atoms with Gasteiger partial charge in [-0.2, -0.15) is 5.10 Å². The van der Waals surface area contributed by atoms with E-state index in [1.165, 1.54) is 13.2 Å². The van der Waals surface area contributed by atoms with E-state index in [0.717, 1.165) is 5.56 Å². The lowest BCUT2D eigenvalue weighted by Crippen LogP contribution is -2.36. The van der Waals surface area contributed by atoms with Gasteiger partial charge in [-0.3, -0.25) is 19.5 Å². The van der Waals surface area contributed by atoms with Crippen molar-refractivity contribution in [1.82, 2.24) is 25.8 Å². The van der Waals surface area contributed by atoms with Gasteiger partial charge in [-0.05, 0) is 51.5 Å². The monoisotopic (exact) mass is 468 g/mol. The Hall–Kier alpha value is -3.95. The molecule has 10 nitrogen and oxygen atoms in total. The van der Waals surface area contributed by atoms with E-state index in [-0.39, 0.29) is 29.5 Å². The van der Waals surface area contributed by atoms with Gasteiger partial charge >= 0.3 is 5.97 Å². The second kappa shape index (κ2) is 9.90. The summed E-state index contributed by atoms with van der Waals surface area (Å²) in [6.45, 7) is 7.02. The fourth-order valence-corrected chi connectivity index (χ4v) is 3.36. The fraction of sp³-hybridized carbons (Fsp3) is 0.375. The Labute approximate surface area is 198 Å². The van der Waals surface area contributed by atoms with Crippen molar-refractivity contribution in [3.05, 3.63) is 41.7 Å². The van der Waals surface area contributed by atoms with E-state index in [1.54, 1.807) is 52.0 Å². The van der Waals surface area contributed by atoms with Crippen molar-refractivity contribution in [3.8, 4) is 17.0 Å². The van der Waals surface area contributed by atoms with Crippen LogP contribution in [0.1, 0.15) is 56.3 Å². The molecule has 3 N–H and O–H groups in total. The Morgan fingerprint density at radius 2 is 1.94 bits per heavy atom. The Balaban J connectivity index is 1.86. The molecule has 0 spiro atoms. The number of aromatic amines is 1. The van der Waals surface area contributed by atoms with Gasteiger partial charge in [0.2, 0.25) is 5.88 Å². The zero-order valence-corrected chi connectivity index (χ0v) is 19.8. The largest absolute Gasteiger partial charge is 0.480 e. The zero-order valence-electron chi connectivity index (χ0n) is 20.8. The Bertz CT molecular complexity index is 1250. The summed E-state index contributed by atoms with van der Waals surface area (Å²) in [5.41, 5.74) is 1.78. The average molecular weight is 469 g/mol. The van der Waals surface area contributed by atoms with E-state index in [9.17, 15) is 14.4 Å². The summed E-state index contributed by atoms with van der Waals surface area (Å²) in [5.74, 6) is -1.22. The third-order valence-corrected chi connectivity index (χ3v) is 4.84. The van der Waals surface area contributed by atoms with Gasteiger partial charge in [-0.25, -0.2) is 4.98 Å². The highest BCUT2D eigenvalue weighted by Crippen LogP contribution is 2.28. The normalized spacial score (nSPS) is 12.6. The van der Waals surface area contributed by atoms with Gasteiger partial charge in [0, 0.05) is 30.2 Å². The number of carbonyl (C=O) groups excluding carboxylic acids is 3. The molecule has 2 heterocycles. The number of methoxy groups -OCH3 is 1. The summed E-state index contributed by atoms with van der Waals surface area (Å²) in [7, 11) is 1.12. The molecule has 34 heavy (non-hydrogen) atoms. The second-order valence-corrected chi connectivity index (χ2v) is 8.80. The number of ether oxygens (including phenoxy) is 2. The lowest BCUT2D eigenvalue weighted by atomic mass is 10.0. The number of carbonyl (C=O) groups is 3. The number of fused-ring (bicyclic) bond motifs is 1. The number of benzene rings is 1. The zero-order chi connectivity index (χ0) is 25.8. The predicted octanol–water partition coefficient (Wildman–Crippen LogP) is 2.84. The van der Waals surface area contributed by atoms with Crippen LogP contribution in [-0.4, -0.2) is 58.7 Å². The number of aromatic nitrogens is 3. The van der Waals surface area contributed by atoms with Crippen LogP contribution in [0.15, 0.2) is 30.5 Å². The maximum absolute atomic E-state index is 13.0. The molecule has 1 aromatic carbocycles. The summed E-state index contributed by atoms with van der Waals surface area (Å²) in [4.78, 5) is 41.3. The fourth-order valence-electron chi connectivity index (χ4n) is 3.36. The molecule has 10 heteroatoms. The molecule has 3 rings (SSSR count). The predicted molar refractivity (Wildman–Crippen MR) is 127 cm³/mol. The molecule has 3 aromatic rings. The van der Waals surface area contributed by atoms with Gasteiger partial charge in [0.05, 0.1) is 20.4 Å². The van der Waals surface area contributed by atoms with Crippen LogP contribution in [0.4, 0.5) is 0 Å². The molecule has 1 atom stereocenters. The van der Waals surface area contributed by atoms with Crippen LogP contribution in [0.5, 0.6) is 5.88 Å². The minimum atomic E-state index is -0.620. The van der Waals surface area contributed by atoms with Gasteiger partial charge in [0.25, 0.3) is 11.8 Å². The molecule has 2 amide bonds. The molecular weight excluding hydrogens is 438 g/mol. The number of rotatable bonds is 7. The molecule has 0 saturated heterocycles. The maximum Gasteiger partial charge on any atom is 0.308 e. The van der Waals surface area contributed by atoms with Crippen molar-refractivity contribution in [2.75, 3.05) is 14.1 Å². The third kappa shape index (κ3) is 5.69. The Kier molecular flexibility index (Phi) is 6.76. The first-order valence-electron chi connectivity index (χ1n) is 11.4. The van der Waals surface area contributed by atoms with Crippen LogP contribution in [0.3, 0.4) is 0 Å². The second-order valence-electron chi connectivity index (χ2n) is 8.80. The summed E-state index contributed by atoms with van der Waals surface area (Å²) < 4.78 is 17.9. The summed E-state index contributed by atoms with van der Waals surface area (Å²) in [6, 6.07) is 6.44. The van der Waals surface area contributed by atoms with E-state index >= 15 is 0 Å². The van der Waals surface area contributed by atoms with Crippen molar-refractivity contribution in [1.29, 1.82) is 0 Å². The molecule has 180 valence electrons. The Morgan fingerprint density at radius 3 is 2.62 bits per heavy atom. The average Bonchev–Trinajstić information content (AvgIpc) is 3.20. The lowest BCUT2D eigenvalue weighted by molar-refractivity contribution is -0.155. The molecule has 0 aliphatic carbocycles. The number of H-pyrrole nitrogens is 1. The summed E-state index contributed by atoms with van der Waals surface area (Å²) in [6.07, 6.45) is 1.53. The number of nitrogens with zero attached hydrogens (tertiary/aromatic N) is 2. The van der Waals surface area contributed by atoms with Crippen LogP contribution < -0.4 is 15.4 Å². The number of hydrogen-bond donors (Lipinski definition) is 3. The number of hydrogen-bond acceptors (Lipinski definition) is 7. The highest BCUT2D eigenvalue weighted by Gasteiger charge is 2.22. The standard InChI is InChI=1S/C24H29N5O5/c1-13(9-19(30)34-24(2,3)4)27-21(31)17-10-15(12-26-23(17)33-6)14-7-8-16-18(11-14)28-29-20(16)22(32)25-5/h7-8,10-13H,9H2,1-6H3,(H,25,32)(H,27,31)(H,28,29)/t13-/m1/s1/i6D. The van der Waals surface area contributed by atoms with Gasteiger partial charge in [-0.15, -0.1) is 0 Å². The lowest BCUT2D eigenvalue weighted by Gasteiger charge is -2.21. The smallest absolute Gasteiger partial charge is 0.308 e. The van der Waals surface area contributed by atoms with Gasteiger partial charge < -0.3 is 20.1 Å². The molecular formula is C24H29N5O5. The summed E-state index contributed by atoms with van der Waals surface area (Å²) in [5, 5.41) is 12.9. The van der Waals surface area contributed by atoms with E-state index in [4.69, 9.17) is 10.8 Å². The molecule has 0 unspecified atom stereocenters. The topological polar surface area (TPSA) is 135 Å². The molecule has 0 radical (unpaired) electrons. The first-order chi connectivity index (χ1) is 16.5. The highest BCUT2D eigenvalue weighted by molar-refractivity contribution is 6.05. The van der Waals surface area contributed by atoms with Crippen LogP contribution in [-0.2, 0) is 9.53 Å². The van der Waals surface area contributed by atoms with Crippen molar-refractivity contribution >= 4 is 28.7 Å². The molecule has 0 bridgehead atoms. The van der Waals surface area contributed by atoms with E-state index in [0.29, 0.717) is 16.5 Å². The van der Waals surface area contributed by atoms with E-state index < -0.39 is 30.6 Å². The molecule has 0 fully saturated rings. The number of nitrogens with one attached hydrogen (secondary N) is 3. The minimum absolute atomic E-state index is 0.00503. The maximum atomic E-state index is 13.0. The van der Waals surface area contributed by atoms with Crippen molar-refractivity contribution < 1.29 is 25.2 Å². The van der Waals surface area contributed by atoms with E-state index in [1.807, 2.05) is 0 Å². The first kappa shape index (κ1) is 23.2. The quantitative estimate of drug-likeness (QED) is 0.454. The SMILES string of the molecule is [2H]COc1ncc(-c2ccc3c(C(=O)NC)n[nH]c3c2)cc1C(=O)N[C@H](C)CC(=O)OC(C)(C)C. The van der Waals surface area contributed by atoms with Crippen molar-refractivity contribution in [3.63, 3.8) is 0 Å². The molecule has 2 aromatic heterocycles. The van der Waals surface area contributed by atoms with Crippen LogP contribution in [0.2, 0.25) is 0 Å². The highest BCUT2D eigenvalue weighted by atomic mass is 16.6. The third-order valence-electron chi connectivity index (χ3n) is 4.84. The van der Waals surface area contributed by atoms with Crippen molar-refractivity contribution in [2.24, 2.45) is 0 Å². The minimum Gasteiger partial charge on any atom is -0.480 e. The van der Waals surface area contributed by atoms with Crippen LogP contribution in [0, 0.1) is 0 Å². The molecule has 0 saturated carbocycles. The van der Waals surface area contributed by atoms with Crippen LogP contribution in [0.25, 0.3) is 22.0 Å². The summed E-state index contributed by atoms with van der Waals surface area (Å²) >= 11 is 0. The molecule has 0 aliphatic heterocycles. The first-order valence-corrected chi connectivity index (χ1v) is 10.7. The number of esters is 1. The van der Waals surface area contributed by atoms with Gasteiger partial charge in [-0.1, -0.05) is 6.07 Å². The van der Waals surface area contributed by atoms with E-state index in [2.05, 4.69) is 25.8 Å². The number of pyridine rings is 1. The van der Waals surface area contributed by atoms with Gasteiger partial charge in [0.1, 0.15) is 11.2 Å². The van der Waals surface area contributed by atoms with Crippen molar-refractivity contribution in [2.45, 2.75) is 45.8 Å². The molecule has 0 aliphatic rings.